The summed E-state index contributed by atoms with van der Waals surface area (Å²) in [6.45, 7) is 0. The van der Waals surface area contributed by atoms with Gasteiger partial charge in [-0.05, 0) is 49.8 Å². The minimum absolute atomic E-state index is 0.155. The molecule has 3 aromatic rings. The molecule has 0 bridgehead atoms. The van der Waals surface area contributed by atoms with Gasteiger partial charge in [0.15, 0.2) is 5.01 Å². The minimum atomic E-state index is -3.03. The summed E-state index contributed by atoms with van der Waals surface area (Å²) in [5.74, 6) is -3.13. The molecule has 0 radical (unpaired) electrons. The number of rotatable bonds is 5. The first-order valence-corrected chi connectivity index (χ1v) is 12.8. The number of thiazole rings is 1. The zero-order valence-electron chi connectivity index (χ0n) is 18.9. The molecule has 0 aromatic carbocycles. The Labute approximate surface area is 201 Å². The Morgan fingerprint density at radius 3 is 2.82 bits per heavy atom. The van der Waals surface area contributed by atoms with Gasteiger partial charge in [-0.25, -0.2) is 18.3 Å². The molecule has 6 nitrogen and oxygen atoms in total. The quantitative estimate of drug-likeness (QED) is 0.514. The first-order chi connectivity index (χ1) is 16.4. The van der Waals surface area contributed by atoms with Crippen molar-refractivity contribution in [3.8, 4) is 11.3 Å². The lowest BCUT2D eigenvalue weighted by Gasteiger charge is -2.36. The Balaban J connectivity index is 1.48. The average Bonchev–Trinajstić information content (AvgIpc) is 3.45. The maximum Gasteiger partial charge on any atom is 0.280 e. The molecule has 9 heteroatoms. The summed E-state index contributed by atoms with van der Waals surface area (Å²) in [5.41, 5.74) is 8.27. The van der Waals surface area contributed by atoms with Crippen LogP contribution in [0.3, 0.4) is 0 Å². The molecule has 180 valence electrons. The first-order valence-electron chi connectivity index (χ1n) is 12.0. The van der Waals surface area contributed by atoms with Crippen molar-refractivity contribution in [1.29, 1.82) is 0 Å². The van der Waals surface area contributed by atoms with Gasteiger partial charge in [0.2, 0.25) is 0 Å². The first kappa shape index (κ1) is 23.1. The predicted molar refractivity (Wildman–Crippen MR) is 130 cm³/mol. The van der Waals surface area contributed by atoms with E-state index in [1.165, 1.54) is 30.6 Å². The molecular formula is C25H29F2N5OS. The molecule has 3 heterocycles. The highest BCUT2D eigenvalue weighted by atomic mass is 32.1. The van der Waals surface area contributed by atoms with Gasteiger partial charge in [0, 0.05) is 24.2 Å². The number of halogens is 2. The topological polar surface area (TPSA) is 85.3 Å². The van der Waals surface area contributed by atoms with E-state index in [2.05, 4.69) is 21.5 Å². The monoisotopic (exact) mass is 485 g/mol. The van der Waals surface area contributed by atoms with Gasteiger partial charge < -0.3 is 11.1 Å². The molecule has 34 heavy (non-hydrogen) atoms. The lowest BCUT2D eigenvalue weighted by atomic mass is 9.87. The third-order valence-electron chi connectivity index (χ3n) is 6.92. The van der Waals surface area contributed by atoms with Crippen LogP contribution in [-0.2, 0) is 0 Å². The largest absolute Gasteiger partial charge is 0.340 e. The minimum Gasteiger partial charge on any atom is -0.340 e. The number of carbonyl (C=O) groups is 1. The van der Waals surface area contributed by atoms with Crippen molar-refractivity contribution in [2.24, 2.45) is 11.7 Å². The molecule has 0 unspecified atom stereocenters. The fourth-order valence-electron chi connectivity index (χ4n) is 5.03. The molecule has 2 aliphatic carbocycles. The van der Waals surface area contributed by atoms with Crippen molar-refractivity contribution < 1.29 is 13.6 Å². The van der Waals surface area contributed by atoms with Crippen LogP contribution in [0.1, 0.15) is 66.0 Å². The summed E-state index contributed by atoms with van der Waals surface area (Å²) < 4.78 is 30.7. The molecule has 0 saturated heterocycles. The summed E-state index contributed by atoms with van der Waals surface area (Å²) in [6, 6.07) is 3.58. The molecule has 2 atom stereocenters. The number of amides is 1. The van der Waals surface area contributed by atoms with E-state index < -0.39 is 23.9 Å². The maximum atomic E-state index is 14.5. The van der Waals surface area contributed by atoms with Crippen LogP contribution in [0.2, 0.25) is 0 Å². The fourth-order valence-corrected chi connectivity index (χ4v) is 5.92. The summed E-state index contributed by atoms with van der Waals surface area (Å²) in [4.78, 5) is 18.5. The van der Waals surface area contributed by atoms with Gasteiger partial charge in [-0.1, -0.05) is 31.4 Å². The third-order valence-corrected chi connectivity index (χ3v) is 7.94. The van der Waals surface area contributed by atoms with E-state index >= 15 is 0 Å². The lowest BCUT2D eigenvalue weighted by Crippen LogP contribution is -2.59. The molecule has 0 aliphatic heterocycles. The highest BCUT2D eigenvalue weighted by Crippen LogP contribution is 2.36. The average molecular weight is 486 g/mol. The smallest absolute Gasteiger partial charge is 0.280 e. The molecule has 2 fully saturated rings. The van der Waals surface area contributed by atoms with E-state index in [0.29, 0.717) is 24.5 Å². The summed E-state index contributed by atoms with van der Waals surface area (Å²) >= 11 is 1.22. The number of hydrogen-bond donors (Lipinski definition) is 2. The molecule has 2 aliphatic rings. The molecule has 3 N–H and O–H groups in total. The van der Waals surface area contributed by atoms with Crippen molar-refractivity contribution in [2.75, 3.05) is 0 Å². The molecule has 5 rings (SSSR count). The number of fused-ring (bicyclic) bond motifs is 1. The zero-order chi connectivity index (χ0) is 23.7. The molecule has 2 saturated carbocycles. The number of hydrogen-bond acceptors (Lipinski definition) is 5. The van der Waals surface area contributed by atoms with Crippen LogP contribution in [0.5, 0.6) is 0 Å². The van der Waals surface area contributed by atoms with E-state index in [1.807, 2.05) is 30.5 Å². The van der Waals surface area contributed by atoms with E-state index in [4.69, 9.17) is 5.73 Å². The van der Waals surface area contributed by atoms with Crippen LogP contribution in [0.4, 0.5) is 8.78 Å². The van der Waals surface area contributed by atoms with Crippen LogP contribution >= 0.6 is 11.3 Å². The number of carbonyl (C=O) groups excluding carboxylic acids is 1. The number of nitrogens with one attached hydrogen (secondary N) is 1. The van der Waals surface area contributed by atoms with Gasteiger partial charge >= 0.3 is 0 Å². The number of aromatic nitrogens is 3. The van der Waals surface area contributed by atoms with E-state index in [-0.39, 0.29) is 11.4 Å². The van der Waals surface area contributed by atoms with Gasteiger partial charge in [-0.2, -0.15) is 5.10 Å². The van der Waals surface area contributed by atoms with Gasteiger partial charge in [-0.15, -0.1) is 11.3 Å². The van der Waals surface area contributed by atoms with Crippen LogP contribution in [0, 0.1) is 5.92 Å². The van der Waals surface area contributed by atoms with Crippen LogP contribution in [0.15, 0.2) is 36.7 Å². The van der Waals surface area contributed by atoms with Gasteiger partial charge in [0.1, 0.15) is 6.04 Å². The lowest BCUT2D eigenvalue weighted by molar-refractivity contribution is -0.0674. The maximum absolute atomic E-state index is 14.5. The van der Waals surface area contributed by atoms with Crippen molar-refractivity contribution in [3.05, 3.63) is 46.6 Å². The summed E-state index contributed by atoms with van der Waals surface area (Å²) in [7, 11) is 0. The molecule has 0 spiro atoms. The number of alkyl halides is 2. The highest BCUT2D eigenvalue weighted by Gasteiger charge is 2.46. The molecule has 3 aromatic heterocycles. The number of allylic oxidation sites excluding steroid dienone is 1. The highest BCUT2D eigenvalue weighted by molar-refractivity contribution is 7.15. The predicted octanol–water partition coefficient (Wildman–Crippen LogP) is 5.30. The van der Waals surface area contributed by atoms with Gasteiger partial charge in [0.25, 0.3) is 11.8 Å². The zero-order valence-corrected chi connectivity index (χ0v) is 19.7. The Morgan fingerprint density at radius 2 is 2.03 bits per heavy atom. The Kier molecular flexibility index (Phi) is 6.48. The fraction of sp³-hybridized carbons (Fsp3) is 0.480. The van der Waals surface area contributed by atoms with E-state index in [9.17, 15) is 13.6 Å². The Bertz CT molecular complexity index is 1200. The summed E-state index contributed by atoms with van der Waals surface area (Å²) in [6.07, 6.45) is 14.4. The third kappa shape index (κ3) is 4.63. The molecule has 1 amide bonds. The van der Waals surface area contributed by atoms with Crippen LogP contribution < -0.4 is 11.1 Å². The number of nitrogens with two attached hydrogens (primary N) is 1. The Morgan fingerprint density at radius 1 is 1.21 bits per heavy atom. The standard InChI is InChI=1S/C25H29F2N5OS/c26-25(27)13-6-9-18(28)22(25)31-23(33)24-30-21(17-15-29-32-14-5-4-10-19(17)32)20(34-24)12-11-16-7-2-1-3-8-16/h4-5,10-12,14-16,18,22H,1-3,6-9,13,28H2,(H,31,33)/b12-11+/t18-,22-/m1/s1. The van der Waals surface area contributed by atoms with Crippen molar-refractivity contribution >= 4 is 28.8 Å². The number of nitrogens with zero attached hydrogens (tertiary/aromatic N) is 3. The second-order valence-electron chi connectivity index (χ2n) is 9.35. The second kappa shape index (κ2) is 9.54. The van der Waals surface area contributed by atoms with Crippen molar-refractivity contribution in [1.82, 2.24) is 19.9 Å². The van der Waals surface area contributed by atoms with Crippen LogP contribution in [0.25, 0.3) is 22.9 Å². The normalized spacial score (nSPS) is 23.5. The Hall–Kier alpha value is -2.65. The van der Waals surface area contributed by atoms with Crippen LogP contribution in [-0.4, -0.2) is 38.5 Å². The SMILES string of the molecule is N[C@@H]1CCCC(F)(F)[C@@H]1NC(=O)c1nc(-c2cnn3ccccc23)c(/C=C/C2CCCCC2)s1. The van der Waals surface area contributed by atoms with E-state index in [0.717, 1.165) is 28.8 Å². The summed E-state index contributed by atoms with van der Waals surface area (Å²) in [5, 5.41) is 7.05. The van der Waals surface area contributed by atoms with E-state index in [1.54, 1.807) is 10.7 Å². The second-order valence-corrected chi connectivity index (χ2v) is 10.4. The van der Waals surface area contributed by atoms with Gasteiger partial charge in [0.05, 0.1) is 22.3 Å². The molecular weight excluding hydrogens is 456 g/mol. The van der Waals surface area contributed by atoms with Crippen molar-refractivity contribution in [2.45, 2.75) is 69.4 Å². The van der Waals surface area contributed by atoms with Gasteiger partial charge in [-0.3, -0.25) is 4.79 Å². The number of pyridine rings is 1. The van der Waals surface area contributed by atoms with Crippen molar-refractivity contribution in [3.63, 3.8) is 0 Å².